The standard InChI is InChI=1S/3C3H6NO.V/c3*1-2-3(4)5;/h3*2H,1H3,(H2,4,5);/q3*-1;. The molecule has 0 spiro atoms. The number of primary amides is 3. The second-order valence-corrected chi connectivity index (χ2v) is 2.07. The summed E-state index contributed by atoms with van der Waals surface area (Å²) in [6, 6.07) is 0. The summed E-state index contributed by atoms with van der Waals surface area (Å²) >= 11 is 0. The fraction of sp³-hybridized carbons (Fsp3) is 0.333. The van der Waals surface area contributed by atoms with Crippen LogP contribution in [0.3, 0.4) is 0 Å². The number of carbonyl (C=O) groups excluding carboxylic acids is 3. The summed E-state index contributed by atoms with van der Waals surface area (Å²) in [7, 11) is 0. The Hall–Kier alpha value is -1.40. The average Bonchev–Trinajstić information content (AvgIpc) is 2.19. The minimum atomic E-state index is -0.370. The predicted octanol–water partition coefficient (Wildman–Crippen LogP) is -0.915. The Balaban J connectivity index is -0.0000000655. The Labute approximate surface area is 108 Å². The summed E-state index contributed by atoms with van der Waals surface area (Å²) in [6.45, 7) is 4.80. The van der Waals surface area contributed by atoms with Crippen LogP contribution in [0.2, 0.25) is 0 Å². The van der Waals surface area contributed by atoms with Crippen molar-refractivity contribution in [1.29, 1.82) is 0 Å². The average molecular weight is 267 g/mol. The van der Waals surface area contributed by atoms with E-state index in [1.54, 1.807) is 20.8 Å². The van der Waals surface area contributed by atoms with Crippen molar-refractivity contribution in [2.75, 3.05) is 0 Å². The first-order chi connectivity index (χ1) is 6.81. The van der Waals surface area contributed by atoms with Gasteiger partial charge in [0.15, 0.2) is 0 Å². The van der Waals surface area contributed by atoms with E-state index >= 15 is 0 Å². The first-order valence-electron chi connectivity index (χ1n) is 4.08. The summed E-state index contributed by atoms with van der Waals surface area (Å²) in [4.78, 5) is 28.6. The molecule has 3 amide bonds. The van der Waals surface area contributed by atoms with Gasteiger partial charge < -0.3 is 50.8 Å². The number of carbonyl (C=O) groups is 3. The van der Waals surface area contributed by atoms with Crippen molar-refractivity contribution in [3.05, 3.63) is 19.3 Å². The van der Waals surface area contributed by atoms with Gasteiger partial charge in [-0.05, 0) is 0 Å². The van der Waals surface area contributed by atoms with Crippen molar-refractivity contribution in [2.45, 2.75) is 20.8 Å². The predicted molar refractivity (Wildman–Crippen MR) is 57.5 cm³/mol. The maximum atomic E-state index is 9.53. The van der Waals surface area contributed by atoms with Gasteiger partial charge >= 0.3 is 0 Å². The van der Waals surface area contributed by atoms with Crippen LogP contribution in [0, 0.1) is 19.3 Å². The van der Waals surface area contributed by atoms with Gasteiger partial charge in [-0.3, -0.25) is 0 Å². The van der Waals surface area contributed by atoms with Gasteiger partial charge in [0.25, 0.3) is 0 Å². The van der Waals surface area contributed by atoms with E-state index in [0.29, 0.717) is 0 Å². The van der Waals surface area contributed by atoms with Crippen LogP contribution < -0.4 is 17.2 Å². The molecule has 7 heteroatoms. The van der Waals surface area contributed by atoms with Crippen molar-refractivity contribution >= 4 is 17.7 Å². The van der Waals surface area contributed by atoms with E-state index in [9.17, 15) is 14.4 Å². The molecule has 0 saturated heterocycles. The van der Waals surface area contributed by atoms with Gasteiger partial charge in [0.1, 0.15) is 0 Å². The molecule has 0 atom stereocenters. The van der Waals surface area contributed by atoms with Crippen LogP contribution in [0.25, 0.3) is 0 Å². The molecule has 0 aromatic heterocycles. The van der Waals surface area contributed by atoms with Crippen LogP contribution >= 0.6 is 0 Å². The summed E-state index contributed by atoms with van der Waals surface area (Å²) in [5.41, 5.74) is 13.8. The van der Waals surface area contributed by atoms with Crippen molar-refractivity contribution < 1.29 is 32.9 Å². The quantitative estimate of drug-likeness (QED) is 0.572. The number of rotatable bonds is 3. The third kappa shape index (κ3) is 80.1. The van der Waals surface area contributed by atoms with Gasteiger partial charge in [-0.25, -0.2) is 0 Å². The van der Waals surface area contributed by atoms with Crippen LogP contribution in [0.4, 0.5) is 0 Å². The van der Waals surface area contributed by atoms with E-state index in [0.717, 1.165) is 0 Å². The summed E-state index contributed by atoms with van der Waals surface area (Å²) < 4.78 is 0. The van der Waals surface area contributed by atoms with Gasteiger partial charge in [0.05, 0.1) is 17.7 Å². The largest absolute Gasteiger partial charge is 0.395 e. The van der Waals surface area contributed by atoms with Crippen LogP contribution in [-0.2, 0) is 32.9 Å². The van der Waals surface area contributed by atoms with Gasteiger partial charge in [-0.2, -0.15) is 20.8 Å². The Bertz CT molecular complexity index is 165. The zero-order valence-electron chi connectivity index (χ0n) is 9.64. The molecule has 0 aromatic carbocycles. The number of amides is 3. The van der Waals surface area contributed by atoms with Gasteiger partial charge in [-0.15, -0.1) is 0 Å². The van der Waals surface area contributed by atoms with E-state index in [1.807, 2.05) is 0 Å². The number of nitrogens with two attached hydrogens (primary N) is 3. The molecule has 95 valence electrons. The molecule has 0 aliphatic heterocycles. The Kier molecular flexibility index (Phi) is 28.9. The fourth-order valence-electron chi connectivity index (χ4n) is 0. The summed E-state index contributed by atoms with van der Waals surface area (Å²) in [5, 5.41) is 0. The topological polar surface area (TPSA) is 129 Å². The fourth-order valence-corrected chi connectivity index (χ4v) is 0. The molecule has 0 fully saturated rings. The summed E-state index contributed by atoms with van der Waals surface area (Å²) in [5.74, 6) is -1.11. The molecule has 0 bridgehead atoms. The molecule has 0 saturated carbocycles. The SMILES string of the molecule is C[CH-]C(N)=O.C[CH-]C(N)=O.C[CH-]C(N)=O.[V]. The van der Waals surface area contributed by atoms with Crippen molar-refractivity contribution in [2.24, 2.45) is 17.2 Å². The minimum absolute atomic E-state index is 0. The van der Waals surface area contributed by atoms with Gasteiger partial charge in [-0.1, -0.05) is 0 Å². The Morgan fingerprint density at radius 2 is 0.750 bits per heavy atom. The third-order valence-corrected chi connectivity index (χ3v) is 0.854. The monoisotopic (exact) mass is 267 g/mol. The van der Waals surface area contributed by atoms with Crippen LogP contribution in [0.5, 0.6) is 0 Å². The maximum Gasteiger partial charge on any atom is 0.0795 e. The van der Waals surface area contributed by atoms with Crippen molar-refractivity contribution in [3.63, 3.8) is 0 Å². The molecule has 0 heterocycles. The Morgan fingerprint density at radius 1 is 0.688 bits per heavy atom. The first-order valence-corrected chi connectivity index (χ1v) is 4.08. The zero-order chi connectivity index (χ0) is 12.9. The smallest absolute Gasteiger partial charge is 0.0795 e. The molecule has 0 rings (SSSR count). The Morgan fingerprint density at radius 3 is 0.750 bits per heavy atom. The van der Waals surface area contributed by atoms with E-state index in [2.05, 4.69) is 17.2 Å². The van der Waals surface area contributed by atoms with E-state index in [-0.39, 0.29) is 36.3 Å². The molecular weight excluding hydrogens is 249 g/mol. The molecular formula is C9H18N3O3V-3. The molecule has 1 radical (unpaired) electrons. The number of hydrogen-bond acceptors (Lipinski definition) is 3. The third-order valence-electron chi connectivity index (χ3n) is 0.854. The van der Waals surface area contributed by atoms with Crippen LogP contribution in [-0.4, -0.2) is 17.7 Å². The first kappa shape index (κ1) is 24.0. The van der Waals surface area contributed by atoms with E-state index < -0.39 is 0 Å². The van der Waals surface area contributed by atoms with Crippen LogP contribution in [0.15, 0.2) is 0 Å². The molecule has 6 nitrogen and oxygen atoms in total. The number of hydrogen-bond donors (Lipinski definition) is 3. The summed E-state index contributed by atoms with van der Waals surface area (Å²) in [6.07, 6.45) is 3.92. The molecule has 0 aromatic rings. The second kappa shape index (κ2) is 19.2. The van der Waals surface area contributed by atoms with Gasteiger partial charge in [0, 0.05) is 18.6 Å². The van der Waals surface area contributed by atoms with Crippen molar-refractivity contribution in [1.82, 2.24) is 0 Å². The molecule has 0 aliphatic rings. The zero-order valence-corrected chi connectivity index (χ0v) is 11.0. The molecule has 6 N–H and O–H groups in total. The molecule has 0 unspecified atom stereocenters. The van der Waals surface area contributed by atoms with E-state index in [4.69, 9.17) is 0 Å². The molecule has 16 heavy (non-hydrogen) atoms. The second-order valence-electron chi connectivity index (χ2n) is 2.07. The van der Waals surface area contributed by atoms with Gasteiger partial charge in [0.2, 0.25) is 0 Å². The van der Waals surface area contributed by atoms with Crippen molar-refractivity contribution in [3.8, 4) is 0 Å². The molecule has 0 aliphatic carbocycles. The minimum Gasteiger partial charge on any atom is -0.395 e. The van der Waals surface area contributed by atoms with E-state index in [1.165, 1.54) is 19.3 Å². The normalized spacial score (nSPS) is 6.19. The van der Waals surface area contributed by atoms with Crippen LogP contribution in [0.1, 0.15) is 20.8 Å². The maximum absolute atomic E-state index is 9.53.